The molecular formula is C12H12O4. The van der Waals surface area contributed by atoms with E-state index in [4.69, 9.17) is 0 Å². The molecule has 0 bridgehead atoms. The van der Waals surface area contributed by atoms with Crippen LogP contribution in [0.15, 0.2) is 30.3 Å². The Morgan fingerprint density at radius 2 is 1.62 bits per heavy atom. The molecule has 0 atom stereocenters. The second-order valence-corrected chi connectivity index (χ2v) is 3.56. The van der Waals surface area contributed by atoms with E-state index in [1.54, 1.807) is 32.0 Å². The van der Waals surface area contributed by atoms with Crippen LogP contribution in [0.3, 0.4) is 0 Å². The molecule has 0 aliphatic rings. The molecule has 0 aliphatic carbocycles. The Morgan fingerprint density at radius 1 is 1.06 bits per heavy atom. The minimum absolute atomic E-state index is 0.243. The maximum Gasteiger partial charge on any atom is 0.382 e. The molecule has 1 rings (SSSR count). The minimum atomic E-state index is -1.11. The van der Waals surface area contributed by atoms with Crippen molar-refractivity contribution in [1.82, 2.24) is 0 Å². The van der Waals surface area contributed by atoms with E-state index in [1.165, 1.54) is 12.1 Å². The summed E-state index contributed by atoms with van der Waals surface area (Å²) < 4.78 is 4.43. The van der Waals surface area contributed by atoms with Gasteiger partial charge in [-0.15, -0.1) is 0 Å². The number of Topliss-reactive ketones (excluding diaryl/α,β-unsaturated/α-hetero) is 1. The van der Waals surface area contributed by atoms with Crippen molar-refractivity contribution >= 4 is 17.7 Å². The van der Waals surface area contributed by atoms with Crippen molar-refractivity contribution in [3.05, 3.63) is 35.9 Å². The molecule has 0 fully saturated rings. The van der Waals surface area contributed by atoms with Gasteiger partial charge in [-0.25, -0.2) is 9.59 Å². The van der Waals surface area contributed by atoms with Crippen molar-refractivity contribution in [3.8, 4) is 0 Å². The minimum Gasteiger partial charge on any atom is -0.384 e. The first kappa shape index (κ1) is 12.1. The van der Waals surface area contributed by atoms with Gasteiger partial charge in [0.25, 0.3) is 0 Å². The Labute approximate surface area is 93.2 Å². The fraction of sp³-hybridized carbons (Fsp3) is 0.250. The van der Waals surface area contributed by atoms with Crippen LogP contribution < -0.4 is 0 Å². The van der Waals surface area contributed by atoms with E-state index in [9.17, 15) is 14.4 Å². The van der Waals surface area contributed by atoms with Crippen LogP contribution in [0.1, 0.15) is 24.2 Å². The van der Waals surface area contributed by atoms with Gasteiger partial charge in [0, 0.05) is 5.92 Å². The van der Waals surface area contributed by atoms with Crippen molar-refractivity contribution < 1.29 is 19.1 Å². The summed E-state index contributed by atoms with van der Waals surface area (Å²) in [5.41, 5.74) is 0.243. The van der Waals surface area contributed by atoms with Crippen LogP contribution >= 0.6 is 0 Å². The van der Waals surface area contributed by atoms with Crippen LogP contribution in [0.4, 0.5) is 0 Å². The Morgan fingerprint density at radius 3 is 2.12 bits per heavy atom. The lowest BCUT2D eigenvalue weighted by molar-refractivity contribution is -0.151. The van der Waals surface area contributed by atoms with Crippen molar-refractivity contribution in [3.63, 3.8) is 0 Å². The number of ether oxygens (including phenoxy) is 1. The van der Waals surface area contributed by atoms with Gasteiger partial charge in [0.1, 0.15) is 0 Å². The Hall–Kier alpha value is -1.97. The summed E-state index contributed by atoms with van der Waals surface area (Å²) in [6, 6.07) is 8.04. The smallest absolute Gasteiger partial charge is 0.382 e. The standard InChI is InChI=1S/C12H12O4/c1-8(2)10(13)12(15)16-11(14)9-6-4-3-5-7-9/h3-8H,1-2H3. The molecule has 0 aliphatic heterocycles. The third-order valence-electron chi connectivity index (χ3n) is 1.92. The summed E-state index contributed by atoms with van der Waals surface area (Å²) in [4.78, 5) is 33.7. The zero-order valence-electron chi connectivity index (χ0n) is 9.10. The fourth-order valence-corrected chi connectivity index (χ4v) is 1.00. The van der Waals surface area contributed by atoms with Gasteiger partial charge in [0.2, 0.25) is 5.78 Å². The van der Waals surface area contributed by atoms with Crippen molar-refractivity contribution in [2.45, 2.75) is 13.8 Å². The van der Waals surface area contributed by atoms with Crippen molar-refractivity contribution in [2.24, 2.45) is 5.92 Å². The number of esters is 2. The van der Waals surface area contributed by atoms with Gasteiger partial charge in [-0.2, -0.15) is 0 Å². The molecule has 0 spiro atoms. The zero-order chi connectivity index (χ0) is 12.1. The highest BCUT2D eigenvalue weighted by Crippen LogP contribution is 2.03. The fourth-order valence-electron chi connectivity index (χ4n) is 1.00. The molecule has 0 amide bonds. The lowest BCUT2D eigenvalue weighted by Crippen LogP contribution is -2.25. The molecule has 0 heterocycles. The van der Waals surface area contributed by atoms with E-state index < -0.39 is 23.6 Å². The molecule has 0 saturated heterocycles. The van der Waals surface area contributed by atoms with Crippen LogP contribution in [0.5, 0.6) is 0 Å². The molecule has 0 N–H and O–H groups in total. The highest BCUT2D eigenvalue weighted by molar-refractivity contribution is 6.36. The Bertz CT molecular complexity index is 406. The van der Waals surface area contributed by atoms with E-state index in [-0.39, 0.29) is 5.56 Å². The van der Waals surface area contributed by atoms with Crippen molar-refractivity contribution in [1.29, 1.82) is 0 Å². The normalized spacial score (nSPS) is 9.94. The lowest BCUT2D eigenvalue weighted by Gasteiger charge is -2.03. The molecule has 84 valence electrons. The summed E-state index contributed by atoms with van der Waals surface area (Å²) in [5.74, 6) is -3.09. The highest BCUT2D eigenvalue weighted by Gasteiger charge is 2.22. The molecule has 4 heteroatoms. The van der Waals surface area contributed by atoms with Gasteiger partial charge in [0.05, 0.1) is 5.56 Å². The summed E-state index contributed by atoms with van der Waals surface area (Å²) in [7, 11) is 0. The summed E-state index contributed by atoms with van der Waals surface area (Å²) in [6.45, 7) is 3.13. The predicted molar refractivity (Wildman–Crippen MR) is 56.7 cm³/mol. The van der Waals surface area contributed by atoms with Gasteiger partial charge < -0.3 is 4.74 Å². The molecule has 1 aromatic rings. The number of carbonyl (C=O) groups excluding carboxylic acids is 3. The molecule has 0 radical (unpaired) electrons. The zero-order valence-corrected chi connectivity index (χ0v) is 9.10. The first-order chi connectivity index (χ1) is 7.52. The summed E-state index contributed by atoms with van der Waals surface area (Å²) >= 11 is 0. The molecule has 4 nitrogen and oxygen atoms in total. The molecule has 1 aromatic carbocycles. The Balaban J connectivity index is 2.66. The maximum absolute atomic E-state index is 11.4. The van der Waals surface area contributed by atoms with E-state index in [0.29, 0.717) is 0 Å². The third-order valence-corrected chi connectivity index (χ3v) is 1.92. The quantitative estimate of drug-likeness (QED) is 0.441. The first-order valence-electron chi connectivity index (χ1n) is 4.87. The third kappa shape index (κ3) is 3.02. The number of hydrogen-bond donors (Lipinski definition) is 0. The van der Waals surface area contributed by atoms with Gasteiger partial charge in [-0.1, -0.05) is 32.0 Å². The Kier molecular flexibility index (Phi) is 3.94. The second-order valence-electron chi connectivity index (χ2n) is 3.56. The second kappa shape index (κ2) is 5.21. The van der Waals surface area contributed by atoms with Crippen LogP contribution in [0, 0.1) is 5.92 Å². The number of rotatable bonds is 3. The lowest BCUT2D eigenvalue weighted by atomic mass is 10.1. The van der Waals surface area contributed by atoms with Gasteiger partial charge in [-0.3, -0.25) is 4.79 Å². The van der Waals surface area contributed by atoms with Crippen LogP contribution in [-0.2, 0) is 14.3 Å². The van der Waals surface area contributed by atoms with Crippen LogP contribution in [-0.4, -0.2) is 17.7 Å². The molecule has 16 heavy (non-hydrogen) atoms. The van der Waals surface area contributed by atoms with E-state index in [2.05, 4.69) is 4.74 Å². The molecule has 0 saturated carbocycles. The van der Waals surface area contributed by atoms with E-state index in [0.717, 1.165) is 0 Å². The van der Waals surface area contributed by atoms with Gasteiger partial charge >= 0.3 is 11.9 Å². The number of hydrogen-bond acceptors (Lipinski definition) is 4. The summed E-state index contributed by atoms with van der Waals surface area (Å²) in [5, 5.41) is 0. The average Bonchev–Trinajstić information content (AvgIpc) is 2.28. The predicted octanol–water partition coefficient (Wildman–Crippen LogP) is 1.60. The monoisotopic (exact) mass is 220 g/mol. The van der Waals surface area contributed by atoms with Crippen LogP contribution in [0.2, 0.25) is 0 Å². The molecule has 0 unspecified atom stereocenters. The highest BCUT2D eigenvalue weighted by atomic mass is 16.6. The van der Waals surface area contributed by atoms with Gasteiger partial charge in [0.15, 0.2) is 0 Å². The molecular weight excluding hydrogens is 208 g/mol. The first-order valence-corrected chi connectivity index (χ1v) is 4.87. The number of benzene rings is 1. The topological polar surface area (TPSA) is 60.4 Å². The van der Waals surface area contributed by atoms with Gasteiger partial charge in [-0.05, 0) is 12.1 Å². The summed E-state index contributed by atoms with van der Waals surface area (Å²) in [6.07, 6.45) is 0. The number of carbonyl (C=O) groups is 3. The SMILES string of the molecule is CC(C)C(=O)C(=O)OC(=O)c1ccccc1. The maximum atomic E-state index is 11.4. The largest absolute Gasteiger partial charge is 0.384 e. The van der Waals surface area contributed by atoms with E-state index >= 15 is 0 Å². The van der Waals surface area contributed by atoms with Crippen molar-refractivity contribution in [2.75, 3.05) is 0 Å². The van der Waals surface area contributed by atoms with Crippen LogP contribution in [0.25, 0.3) is 0 Å². The number of ketones is 1. The molecule has 0 aromatic heterocycles. The average molecular weight is 220 g/mol. The van der Waals surface area contributed by atoms with E-state index in [1.807, 2.05) is 0 Å².